The number of carbonyl (C=O) groups excluding carboxylic acids is 6. The second kappa shape index (κ2) is 9.53. The molecule has 2 amide bonds. The summed E-state index contributed by atoms with van der Waals surface area (Å²) < 4.78 is 15.4. The molecule has 1 heterocycles. The lowest BCUT2D eigenvalue weighted by molar-refractivity contribution is -0.181. The van der Waals surface area contributed by atoms with Crippen molar-refractivity contribution in [1.82, 2.24) is 9.80 Å². The predicted molar refractivity (Wildman–Crippen MR) is 136 cm³/mol. The number of primary amides is 1. The highest BCUT2D eigenvalue weighted by Crippen LogP contribution is 2.51. The van der Waals surface area contributed by atoms with Crippen LogP contribution in [0.15, 0.2) is 6.07 Å². The van der Waals surface area contributed by atoms with Crippen LogP contribution in [-0.2, 0) is 30.4 Å². The van der Waals surface area contributed by atoms with E-state index in [9.17, 15) is 39.0 Å². The molecule has 1 saturated heterocycles. The number of likely N-dealkylation sites (tertiary alicyclic amines) is 1. The van der Waals surface area contributed by atoms with Crippen molar-refractivity contribution < 1.29 is 43.4 Å². The van der Waals surface area contributed by atoms with Gasteiger partial charge in [0.2, 0.25) is 11.8 Å². The molecule has 5 rings (SSSR count). The Morgan fingerprint density at radius 3 is 2.45 bits per heavy atom. The number of aromatic hydroxyl groups is 1. The predicted octanol–water partition coefficient (Wildman–Crippen LogP) is -0.961. The first-order chi connectivity index (χ1) is 18.7. The van der Waals surface area contributed by atoms with Gasteiger partial charge < -0.3 is 21.3 Å². The number of likely N-dealkylation sites (N-methyl/N-ethyl adjacent to an activating group) is 2. The summed E-state index contributed by atoms with van der Waals surface area (Å²) in [5, 5.41) is 25.1. The number of rotatable bonds is 4. The Kier molecular flexibility index (Phi) is 6.67. The maximum Gasteiger partial charge on any atom is 0.241 e. The fraction of sp³-hybridized carbons (Fsp3) is 0.556. The summed E-state index contributed by atoms with van der Waals surface area (Å²) in [5.74, 6) is -13.8. The number of fused-ring (bicyclic) bond motifs is 3. The number of aliphatic hydroxyl groups is 1. The molecule has 4 aliphatic rings. The van der Waals surface area contributed by atoms with Crippen LogP contribution in [0.2, 0.25) is 0 Å². The molecule has 40 heavy (non-hydrogen) atoms. The van der Waals surface area contributed by atoms with Crippen molar-refractivity contribution in [3.63, 3.8) is 0 Å². The van der Waals surface area contributed by atoms with Crippen LogP contribution >= 0.6 is 0 Å². The maximum absolute atomic E-state index is 15.4. The molecule has 0 aromatic heterocycles. The largest absolute Gasteiger partial charge is 0.505 e. The number of anilines is 1. The minimum absolute atomic E-state index is 0.164. The van der Waals surface area contributed by atoms with E-state index in [4.69, 9.17) is 5.73 Å². The zero-order valence-corrected chi connectivity index (χ0v) is 22.3. The number of halogens is 1. The standard InChI is InChI=1S/C27H31FN4O8/c1-31(2)19-12-8-10-7-11-13(28)9-14(30-26(39)15-5-4-6-32(15)3)20(33)17(11)21(34)16(10)23(36)27(12,40)24(37)18(22(19)35)25(29)38/h9-10,12,15-16,18-19,33,40H,4-8H2,1-3H3,(H2,29,38)(H,30,39)/t10-,12-,15+,16?,18?,19-,27-/m0/s1. The van der Waals surface area contributed by atoms with Crippen molar-refractivity contribution in [2.45, 2.75) is 43.4 Å². The summed E-state index contributed by atoms with van der Waals surface area (Å²) in [6.07, 6.45) is 0.952. The van der Waals surface area contributed by atoms with Crippen molar-refractivity contribution in [2.24, 2.45) is 29.4 Å². The first-order valence-corrected chi connectivity index (χ1v) is 13.1. The minimum atomic E-state index is -2.87. The van der Waals surface area contributed by atoms with E-state index in [0.29, 0.717) is 13.0 Å². The van der Waals surface area contributed by atoms with Crippen molar-refractivity contribution in [1.29, 1.82) is 0 Å². The molecule has 3 aliphatic carbocycles. The third kappa shape index (κ3) is 3.82. The van der Waals surface area contributed by atoms with Gasteiger partial charge in [0.1, 0.15) is 11.6 Å². The van der Waals surface area contributed by atoms with Crippen molar-refractivity contribution in [3.8, 4) is 5.75 Å². The molecule has 3 fully saturated rings. The minimum Gasteiger partial charge on any atom is -0.505 e. The molecule has 0 radical (unpaired) electrons. The molecule has 13 heteroatoms. The maximum atomic E-state index is 15.4. The molecular weight excluding hydrogens is 527 g/mol. The summed E-state index contributed by atoms with van der Waals surface area (Å²) in [5.41, 5.74) is 1.42. The van der Waals surface area contributed by atoms with Gasteiger partial charge in [-0.1, -0.05) is 0 Å². The number of nitrogens with zero attached hydrogens (tertiary/aromatic N) is 2. The van der Waals surface area contributed by atoms with Crippen LogP contribution in [0.25, 0.3) is 0 Å². The lowest BCUT2D eigenvalue weighted by Crippen LogP contribution is -2.74. The van der Waals surface area contributed by atoms with E-state index in [2.05, 4.69) is 5.32 Å². The number of Topliss-reactive ketones (excluding diaryl/α,β-unsaturated/α-hetero) is 4. The number of carbonyl (C=O) groups is 6. The lowest BCUT2D eigenvalue weighted by atomic mass is 9.52. The molecule has 2 unspecified atom stereocenters. The molecule has 7 atom stereocenters. The van der Waals surface area contributed by atoms with Crippen molar-refractivity contribution in [2.75, 3.05) is 33.0 Å². The molecular formula is C27H31FN4O8. The molecule has 12 nitrogen and oxygen atoms in total. The van der Waals surface area contributed by atoms with Gasteiger partial charge in [-0.25, -0.2) is 4.39 Å². The van der Waals surface area contributed by atoms with E-state index in [0.717, 1.165) is 12.5 Å². The molecule has 1 aliphatic heterocycles. The summed E-state index contributed by atoms with van der Waals surface area (Å²) in [4.78, 5) is 82.0. The van der Waals surface area contributed by atoms with Gasteiger partial charge in [0.15, 0.2) is 34.7 Å². The normalized spacial score (nSPS) is 34.0. The number of nitrogens with two attached hydrogens (primary N) is 1. The quantitative estimate of drug-likeness (QED) is 0.265. The van der Waals surface area contributed by atoms with Crippen molar-refractivity contribution in [3.05, 3.63) is 23.0 Å². The second-order valence-electron chi connectivity index (χ2n) is 11.5. The van der Waals surface area contributed by atoms with Gasteiger partial charge in [0.25, 0.3) is 0 Å². The first kappa shape index (κ1) is 28.0. The van der Waals surface area contributed by atoms with Gasteiger partial charge >= 0.3 is 0 Å². The van der Waals surface area contributed by atoms with E-state index in [1.165, 1.54) is 19.0 Å². The van der Waals surface area contributed by atoms with Crippen LogP contribution in [0.5, 0.6) is 5.75 Å². The van der Waals surface area contributed by atoms with Gasteiger partial charge in [-0.3, -0.25) is 38.6 Å². The Morgan fingerprint density at radius 1 is 1.20 bits per heavy atom. The number of benzene rings is 1. The average molecular weight is 559 g/mol. The fourth-order valence-electron chi connectivity index (χ4n) is 7.18. The summed E-state index contributed by atoms with van der Waals surface area (Å²) in [6.45, 7) is 0.686. The monoisotopic (exact) mass is 558 g/mol. The number of ketones is 4. The molecule has 2 saturated carbocycles. The second-order valence-corrected chi connectivity index (χ2v) is 11.5. The van der Waals surface area contributed by atoms with E-state index >= 15 is 4.39 Å². The van der Waals surface area contributed by atoms with Crippen molar-refractivity contribution >= 4 is 40.6 Å². The van der Waals surface area contributed by atoms with Crippen LogP contribution in [0.3, 0.4) is 0 Å². The highest BCUT2D eigenvalue weighted by atomic mass is 19.1. The smallest absolute Gasteiger partial charge is 0.241 e. The number of hydrogen-bond donors (Lipinski definition) is 4. The zero-order chi connectivity index (χ0) is 29.4. The number of hydrogen-bond acceptors (Lipinski definition) is 10. The van der Waals surface area contributed by atoms with Gasteiger partial charge in [0, 0.05) is 17.5 Å². The number of nitrogens with one attached hydrogen (secondary N) is 1. The highest BCUT2D eigenvalue weighted by Gasteiger charge is 2.69. The molecule has 5 N–H and O–H groups in total. The van der Waals surface area contributed by atoms with Crippen LogP contribution in [0, 0.1) is 29.5 Å². The van der Waals surface area contributed by atoms with E-state index < -0.39 is 93.4 Å². The van der Waals surface area contributed by atoms with Crippen LogP contribution in [-0.4, -0.2) is 100 Å². The summed E-state index contributed by atoms with van der Waals surface area (Å²) in [7, 11) is 4.71. The molecule has 214 valence electrons. The van der Waals surface area contributed by atoms with Gasteiger partial charge in [-0.15, -0.1) is 0 Å². The fourth-order valence-corrected chi connectivity index (χ4v) is 7.18. The zero-order valence-electron chi connectivity index (χ0n) is 22.3. The Hall–Kier alpha value is -3.55. The summed E-state index contributed by atoms with van der Waals surface area (Å²) in [6, 6.07) is -0.831. The summed E-state index contributed by atoms with van der Waals surface area (Å²) >= 11 is 0. The number of amides is 2. The van der Waals surface area contributed by atoms with Gasteiger partial charge in [0.05, 0.1) is 29.3 Å². The van der Waals surface area contributed by atoms with Crippen LogP contribution in [0.1, 0.15) is 35.2 Å². The van der Waals surface area contributed by atoms with E-state index in [1.807, 2.05) is 0 Å². The van der Waals surface area contributed by atoms with E-state index in [1.54, 1.807) is 11.9 Å². The lowest BCUT2D eigenvalue weighted by Gasteiger charge is -2.52. The Morgan fingerprint density at radius 2 is 1.88 bits per heavy atom. The van der Waals surface area contributed by atoms with Crippen LogP contribution < -0.4 is 11.1 Å². The Labute approximate surface area is 228 Å². The van der Waals surface area contributed by atoms with Crippen LogP contribution in [0.4, 0.5) is 10.1 Å². The highest BCUT2D eigenvalue weighted by molar-refractivity contribution is 6.32. The van der Waals surface area contributed by atoms with Gasteiger partial charge in [-0.05, 0) is 59.3 Å². The van der Waals surface area contributed by atoms with E-state index in [-0.39, 0.29) is 24.1 Å². The molecule has 1 aromatic carbocycles. The molecule has 0 spiro atoms. The first-order valence-electron chi connectivity index (χ1n) is 13.1. The third-order valence-corrected chi connectivity index (χ3v) is 9.09. The number of phenolic OH excluding ortho intramolecular Hbond substituents is 1. The topological polar surface area (TPSA) is 187 Å². The third-order valence-electron chi connectivity index (χ3n) is 9.09. The number of phenols is 1. The Bertz CT molecular complexity index is 1380. The van der Waals surface area contributed by atoms with Gasteiger partial charge in [-0.2, -0.15) is 0 Å². The molecule has 1 aromatic rings. The SMILES string of the molecule is CN(C)[C@@H]1C(=O)C(C(N)=O)C(=O)[C@@]2(O)C(=O)C3C(=O)c4c(O)c(NC(=O)[C@H]5CCCN5C)cc(F)c4C[C@H]3C[C@@H]12. The molecule has 0 bridgehead atoms. The Balaban J connectivity index is 1.56. The average Bonchev–Trinajstić information content (AvgIpc) is 3.30.